The highest BCUT2D eigenvalue weighted by molar-refractivity contribution is 5.05. The van der Waals surface area contributed by atoms with Crippen molar-refractivity contribution < 1.29 is 0 Å². The number of nitrogens with zero attached hydrogens (tertiary/aromatic N) is 3. The molecule has 0 saturated heterocycles. The molecule has 4 heteroatoms. The minimum Gasteiger partial charge on any atom is -0.348 e. The van der Waals surface area contributed by atoms with E-state index in [1.165, 1.54) is 18.5 Å². The lowest BCUT2D eigenvalue weighted by atomic mass is 10.4. The van der Waals surface area contributed by atoms with Gasteiger partial charge in [-0.3, -0.25) is 4.79 Å². The maximum Gasteiger partial charge on any atom is 0.181 e. The maximum absolute atomic E-state index is 11.0. The molecule has 0 N–H and O–H groups in total. The number of hydrogen-bond acceptors (Lipinski definition) is 2. The van der Waals surface area contributed by atoms with E-state index < -0.39 is 0 Å². The van der Waals surface area contributed by atoms with Crippen molar-refractivity contribution in [2.45, 2.75) is 25.4 Å². The van der Waals surface area contributed by atoms with Crippen LogP contribution in [0.1, 0.15) is 24.6 Å². The molecule has 0 aromatic carbocycles. The first kappa shape index (κ1) is 9.39. The lowest BCUT2D eigenvalue weighted by Crippen LogP contribution is -2.08. The Morgan fingerprint density at radius 3 is 2.75 bits per heavy atom. The number of aromatic nitrogens is 3. The van der Waals surface area contributed by atoms with Crippen molar-refractivity contribution in [2.24, 2.45) is 0 Å². The summed E-state index contributed by atoms with van der Waals surface area (Å²) < 4.78 is 4.23. The van der Waals surface area contributed by atoms with E-state index in [4.69, 9.17) is 0 Å². The second-order valence-corrected chi connectivity index (χ2v) is 4.23. The SMILES string of the molecule is O=c1ccn(Cc2cncn2C2CC2)cc1. The van der Waals surface area contributed by atoms with Crippen molar-refractivity contribution in [3.63, 3.8) is 0 Å². The van der Waals surface area contributed by atoms with E-state index in [9.17, 15) is 4.79 Å². The molecule has 4 nitrogen and oxygen atoms in total. The van der Waals surface area contributed by atoms with Crippen LogP contribution in [-0.2, 0) is 6.54 Å². The van der Waals surface area contributed by atoms with E-state index in [1.54, 1.807) is 12.1 Å². The molecule has 0 unspecified atom stereocenters. The van der Waals surface area contributed by atoms with Gasteiger partial charge in [0.15, 0.2) is 5.43 Å². The first-order valence-corrected chi connectivity index (χ1v) is 5.50. The minimum atomic E-state index is 0.0481. The lowest BCUT2D eigenvalue weighted by molar-refractivity contribution is 0.654. The molecule has 82 valence electrons. The van der Waals surface area contributed by atoms with Crippen LogP contribution in [0.4, 0.5) is 0 Å². The van der Waals surface area contributed by atoms with Gasteiger partial charge in [0.05, 0.1) is 18.6 Å². The average Bonchev–Trinajstić information content (AvgIpc) is 3.03. The summed E-state index contributed by atoms with van der Waals surface area (Å²) in [7, 11) is 0. The van der Waals surface area contributed by atoms with Gasteiger partial charge in [0.1, 0.15) is 0 Å². The molecule has 0 aliphatic heterocycles. The van der Waals surface area contributed by atoms with Crippen LogP contribution in [0, 0.1) is 0 Å². The molecule has 1 aliphatic rings. The van der Waals surface area contributed by atoms with Gasteiger partial charge in [0.2, 0.25) is 0 Å². The van der Waals surface area contributed by atoms with Crippen molar-refractivity contribution in [2.75, 3.05) is 0 Å². The fourth-order valence-corrected chi connectivity index (χ4v) is 1.87. The Kier molecular flexibility index (Phi) is 2.13. The van der Waals surface area contributed by atoms with Crippen LogP contribution in [0.2, 0.25) is 0 Å². The maximum atomic E-state index is 11.0. The van der Waals surface area contributed by atoms with Crippen molar-refractivity contribution >= 4 is 0 Å². The molecule has 2 aromatic heterocycles. The van der Waals surface area contributed by atoms with E-state index in [2.05, 4.69) is 9.55 Å². The van der Waals surface area contributed by atoms with E-state index in [0.29, 0.717) is 6.04 Å². The van der Waals surface area contributed by atoms with E-state index in [0.717, 1.165) is 6.54 Å². The quantitative estimate of drug-likeness (QED) is 0.777. The summed E-state index contributed by atoms with van der Waals surface area (Å²) in [6.07, 6.45) is 9.94. The van der Waals surface area contributed by atoms with Crippen molar-refractivity contribution in [1.82, 2.24) is 14.1 Å². The van der Waals surface area contributed by atoms with Crippen molar-refractivity contribution in [3.8, 4) is 0 Å². The van der Waals surface area contributed by atoms with Gasteiger partial charge in [-0.2, -0.15) is 0 Å². The molecule has 0 bridgehead atoms. The Bertz CT molecular complexity index is 531. The first-order chi connectivity index (χ1) is 7.83. The number of rotatable bonds is 3. The van der Waals surface area contributed by atoms with Crippen molar-refractivity contribution in [3.05, 3.63) is 53.0 Å². The Labute approximate surface area is 93.2 Å². The molecular formula is C12H13N3O. The predicted octanol–water partition coefficient (Wildman–Crippen LogP) is 1.43. The second-order valence-electron chi connectivity index (χ2n) is 4.23. The Balaban J connectivity index is 1.85. The van der Waals surface area contributed by atoms with Gasteiger partial charge < -0.3 is 9.13 Å². The minimum absolute atomic E-state index is 0.0481. The molecule has 0 spiro atoms. The molecule has 3 rings (SSSR count). The summed E-state index contributed by atoms with van der Waals surface area (Å²) in [5.74, 6) is 0. The Morgan fingerprint density at radius 1 is 1.31 bits per heavy atom. The number of imidazole rings is 1. The predicted molar refractivity (Wildman–Crippen MR) is 60.3 cm³/mol. The monoisotopic (exact) mass is 215 g/mol. The van der Waals surface area contributed by atoms with Gasteiger partial charge >= 0.3 is 0 Å². The molecule has 0 amide bonds. The van der Waals surface area contributed by atoms with Crippen LogP contribution in [0.15, 0.2) is 41.8 Å². The molecule has 16 heavy (non-hydrogen) atoms. The Hall–Kier alpha value is -1.84. The highest BCUT2D eigenvalue weighted by Gasteiger charge is 2.24. The zero-order chi connectivity index (χ0) is 11.0. The van der Waals surface area contributed by atoms with Crippen LogP contribution in [0.25, 0.3) is 0 Å². The van der Waals surface area contributed by atoms with Crippen LogP contribution < -0.4 is 5.43 Å². The molecule has 1 saturated carbocycles. The summed E-state index contributed by atoms with van der Waals surface area (Å²) >= 11 is 0. The molecule has 2 heterocycles. The summed E-state index contributed by atoms with van der Waals surface area (Å²) in [5, 5.41) is 0. The normalized spacial score (nSPS) is 15.2. The summed E-state index contributed by atoms with van der Waals surface area (Å²) in [5.41, 5.74) is 1.25. The zero-order valence-corrected chi connectivity index (χ0v) is 8.91. The van der Waals surface area contributed by atoms with Crippen LogP contribution >= 0.6 is 0 Å². The van der Waals surface area contributed by atoms with E-state index in [1.807, 2.05) is 29.5 Å². The first-order valence-electron chi connectivity index (χ1n) is 5.50. The molecule has 0 radical (unpaired) electrons. The van der Waals surface area contributed by atoms with E-state index >= 15 is 0 Å². The molecule has 0 atom stereocenters. The van der Waals surface area contributed by atoms with E-state index in [-0.39, 0.29) is 5.43 Å². The second kappa shape index (κ2) is 3.63. The zero-order valence-electron chi connectivity index (χ0n) is 8.91. The average molecular weight is 215 g/mol. The van der Waals surface area contributed by atoms with Crippen molar-refractivity contribution in [1.29, 1.82) is 0 Å². The standard InChI is InChI=1S/C12H13N3O/c16-12-3-5-14(6-4-12)8-11-7-13-9-15(11)10-1-2-10/h3-7,9-10H,1-2,8H2. The summed E-state index contributed by atoms with van der Waals surface area (Å²) in [6, 6.07) is 3.81. The molecular weight excluding hydrogens is 202 g/mol. The fourth-order valence-electron chi connectivity index (χ4n) is 1.87. The fraction of sp³-hybridized carbons (Fsp3) is 0.333. The molecule has 1 aliphatic carbocycles. The molecule has 1 fully saturated rings. The number of hydrogen-bond donors (Lipinski definition) is 0. The van der Waals surface area contributed by atoms with Gasteiger partial charge in [-0.1, -0.05) is 0 Å². The van der Waals surface area contributed by atoms with Gasteiger partial charge in [0.25, 0.3) is 0 Å². The van der Waals surface area contributed by atoms with Crippen LogP contribution in [0.3, 0.4) is 0 Å². The largest absolute Gasteiger partial charge is 0.348 e. The van der Waals surface area contributed by atoms with Gasteiger partial charge in [-0.25, -0.2) is 4.98 Å². The van der Waals surface area contributed by atoms with Gasteiger partial charge in [0, 0.05) is 36.8 Å². The number of pyridine rings is 1. The third-order valence-electron chi connectivity index (χ3n) is 2.89. The van der Waals surface area contributed by atoms with Crippen LogP contribution in [0.5, 0.6) is 0 Å². The molecule has 2 aromatic rings. The third kappa shape index (κ3) is 1.78. The third-order valence-corrected chi connectivity index (χ3v) is 2.89. The smallest absolute Gasteiger partial charge is 0.181 e. The highest BCUT2D eigenvalue weighted by Crippen LogP contribution is 2.35. The van der Waals surface area contributed by atoms with Gasteiger partial charge in [-0.05, 0) is 12.8 Å². The van der Waals surface area contributed by atoms with Crippen LogP contribution in [-0.4, -0.2) is 14.1 Å². The topological polar surface area (TPSA) is 39.8 Å². The summed E-state index contributed by atoms with van der Waals surface area (Å²) in [4.78, 5) is 15.2. The summed E-state index contributed by atoms with van der Waals surface area (Å²) in [6.45, 7) is 0.775. The lowest BCUT2D eigenvalue weighted by Gasteiger charge is -2.08. The Morgan fingerprint density at radius 2 is 2.06 bits per heavy atom. The highest BCUT2D eigenvalue weighted by atomic mass is 16.1. The van der Waals surface area contributed by atoms with Gasteiger partial charge in [-0.15, -0.1) is 0 Å².